The molecule has 460 valence electrons. The van der Waals surface area contributed by atoms with Gasteiger partial charge in [0.15, 0.2) is 0 Å². The highest BCUT2D eigenvalue weighted by Crippen LogP contribution is 2.78. The first-order valence-electron chi connectivity index (χ1n) is 29.1. The molecule has 20 heteroatoms. The van der Waals surface area contributed by atoms with Gasteiger partial charge in [0, 0.05) is 18.4 Å². The van der Waals surface area contributed by atoms with Gasteiger partial charge in [-0.05, 0) is 191 Å². The van der Waals surface area contributed by atoms with Gasteiger partial charge in [-0.2, -0.15) is 0 Å². The molecule has 10 aromatic rings. The monoisotopic (exact) mass is 1300 g/mol. The third-order valence-electron chi connectivity index (χ3n) is 13.6. The van der Waals surface area contributed by atoms with E-state index in [0.29, 0.717) is 57.5 Å². The summed E-state index contributed by atoms with van der Waals surface area (Å²) in [6.45, 7) is 20.2. The van der Waals surface area contributed by atoms with Gasteiger partial charge < -0.3 is 46.5 Å². The second-order valence-electron chi connectivity index (χ2n) is 21.6. The quantitative estimate of drug-likeness (QED) is 0.0674. The van der Waals surface area contributed by atoms with Crippen LogP contribution in [-0.2, 0) is 0 Å². The molecule has 4 atom stereocenters. The Morgan fingerprint density at radius 3 is 0.744 bits per heavy atom. The van der Waals surface area contributed by atoms with Gasteiger partial charge in [-0.15, -0.1) is 4.52 Å². The molecule has 0 radical (unpaired) electrons. The Labute approximate surface area is 533 Å². The van der Waals surface area contributed by atoms with Crippen LogP contribution in [0.1, 0.15) is 55.6 Å². The maximum absolute atomic E-state index is 7.76. The Morgan fingerprint density at radius 2 is 0.444 bits per heavy atom. The Morgan fingerprint density at radius 1 is 0.233 bits per heavy atom. The molecule has 0 aromatic heterocycles. The first kappa shape index (κ1) is 63.6. The zero-order chi connectivity index (χ0) is 62.7. The third kappa shape index (κ3) is 16.7. The van der Waals surface area contributed by atoms with Crippen molar-refractivity contribution in [1.82, 2.24) is 18.4 Å². The molecule has 1 aliphatic rings. The standard InChI is InChI=1S/C70H70N5O10P5/c1-51-11-31-61(32-12-51)76-72-86(80-65-39-19-55(5)20-40-65)71-90(84-69-47-27-59(9)28-48-69,85-70-49-29-60(10)30-50-70)75(79-64-37-17-54(4)18-38-64)89(83-68-45-25-58(8)26-46-68)74(78-63-35-15-53(3)16-36-63)88(82-67-43-23-57(7)24-44-67)73(77-62-33-13-52(2)14-34-62)87(72)81-66-41-21-56(6)22-42-66/h11-50H,1-10H3. The Hall–Kier alpha value is -8.01. The number of aryl methyl sites for hydroxylation is 10. The summed E-state index contributed by atoms with van der Waals surface area (Å²) in [6.07, 6.45) is 0. The summed E-state index contributed by atoms with van der Waals surface area (Å²) in [5, 5.41) is 0. The van der Waals surface area contributed by atoms with E-state index < -0.39 is 41.5 Å². The van der Waals surface area contributed by atoms with Gasteiger partial charge in [0.1, 0.15) is 57.5 Å². The normalized spacial score (nSPS) is 17.2. The fraction of sp³-hybridized carbons (Fsp3) is 0.143. The molecule has 0 spiro atoms. The Kier molecular flexibility index (Phi) is 20.7. The summed E-state index contributed by atoms with van der Waals surface area (Å²) >= 11 is 0. The SMILES string of the molecule is Cc1ccc(ON2P(Oc3ccc(C)cc3)N=P(Oc3ccc(C)cc3)(Oc3ccc(C)cc3)N(Oc3ccc(C)cc3)P(Oc3ccc(C)cc3)N(Oc3ccc(C)cc3)P(Oc3ccc(C)cc3)N(Oc3ccc(C)cc3)P2Oc2ccc(C)cc2)cc1. The molecule has 1 aliphatic heterocycles. The van der Waals surface area contributed by atoms with Crippen molar-refractivity contribution in [1.29, 1.82) is 0 Å². The van der Waals surface area contributed by atoms with E-state index in [9.17, 15) is 0 Å². The van der Waals surface area contributed by atoms with Crippen LogP contribution >= 0.6 is 41.5 Å². The lowest BCUT2D eigenvalue weighted by molar-refractivity contribution is 0.0290. The van der Waals surface area contributed by atoms with Gasteiger partial charge in [0.2, 0.25) is 0 Å². The van der Waals surface area contributed by atoms with Gasteiger partial charge in [0.25, 0.3) is 0 Å². The van der Waals surface area contributed by atoms with Crippen LogP contribution in [0.2, 0.25) is 0 Å². The molecule has 4 unspecified atom stereocenters. The lowest BCUT2D eigenvalue weighted by Gasteiger charge is -2.45. The summed E-state index contributed by atoms with van der Waals surface area (Å²) in [7, 11) is -15.7. The van der Waals surface area contributed by atoms with Gasteiger partial charge in [0.05, 0.1) is 0 Å². The molecule has 0 aliphatic carbocycles. The van der Waals surface area contributed by atoms with Gasteiger partial charge in [-0.1, -0.05) is 177 Å². The number of benzene rings is 10. The molecule has 10 aromatic carbocycles. The Balaban J connectivity index is 1.34. The fourth-order valence-electron chi connectivity index (χ4n) is 8.36. The van der Waals surface area contributed by atoms with E-state index in [2.05, 4.69) is 0 Å². The molecule has 0 saturated carbocycles. The summed E-state index contributed by atoms with van der Waals surface area (Å²) in [6, 6.07) is 77.1. The molecule has 0 N–H and O–H groups in total. The molecular weight excluding hydrogens is 1230 g/mol. The molecule has 11 rings (SSSR count). The lowest BCUT2D eigenvalue weighted by atomic mass is 10.2. The smallest absolute Gasteiger partial charge is 0.440 e. The number of rotatable bonds is 20. The van der Waals surface area contributed by atoms with Crippen molar-refractivity contribution in [3.05, 3.63) is 298 Å². The van der Waals surface area contributed by atoms with E-state index in [4.69, 9.17) is 51.0 Å². The van der Waals surface area contributed by atoms with E-state index in [-0.39, 0.29) is 0 Å². The Bertz CT molecular complexity index is 3940. The molecule has 1 heterocycles. The van der Waals surface area contributed by atoms with E-state index in [1.165, 1.54) is 0 Å². The second-order valence-corrected chi connectivity index (χ2v) is 30.6. The van der Waals surface area contributed by atoms with Crippen molar-refractivity contribution in [2.45, 2.75) is 69.2 Å². The summed E-state index contributed by atoms with van der Waals surface area (Å²) in [4.78, 5) is 30.3. The van der Waals surface area contributed by atoms with Crippen molar-refractivity contribution in [3.8, 4) is 57.5 Å². The first-order valence-corrected chi connectivity index (χ1v) is 35.3. The highest BCUT2D eigenvalue weighted by molar-refractivity contribution is 7.78. The first-order chi connectivity index (χ1) is 43.5. The van der Waals surface area contributed by atoms with E-state index in [1.807, 2.05) is 312 Å². The van der Waals surface area contributed by atoms with Gasteiger partial charge in [-0.25, -0.2) is 0 Å². The maximum atomic E-state index is 7.76. The molecule has 0 fully saturated rings. The van der Waals surface area contributed by atoms with Crippen molar-refractivity contribution >= 4 is 41.5 Å². The van der Waals surface area contributed by atoms with Crippen molar-refractivity contribution < 1.29 is 46.5 Å². The van der Waals surface area contributed by atoms with Crippen LogP contribution in [0.3, 0.4) is 0 Å². The van der Waals surface area contributed by atoms with Crippen molar-refractivity contribution in [2.75, 3.05) is 0 Å². The average Bonchev–Trinajstić information content (AvgIpc) is 0.930. The van der Waals surface area contributed by atoms with Crippen LogP contribution in [0.4, 0.5) is 0 Å². The summed E-state index contributed by atoms with van der Waals surface area (Å²) < 4.78 is 58.6. The molecule has 0 saturated heterocycles. The minimum absolute atomic E-state index is 0.366. The highest BCUT2D eigenvalue weighted by atomic mass is 31.3. The second kappa shape index (κ2) is 29.3. The minimum atomic E-state index is -4.65. The zero-order valence-electron chi connectivity index (χ0n) is 51.6. The maximum Gasteiger partial charge on any atom is 0.447 e. The third-order valence-corrected chi connectivity index (χ3v) is 24.5. The molecule has 0 amide bonds. The number of hydrogen-bond acceptors (Lipinski definition) is 15. The highest BCUT2D eigenvalue weighted by Gasteiger charge is 2.60. The summed E-state index contributed by atoms with van der Waals surface area (Å²) in [5.74, 6) is 4.03. The van der Waals surface area contributed by atoms with Crippen molar-refractivity contribution in [2.24, 2.45) is 4.52 Å². The van der Waals surface area contributed by atoms with E-state index >= 15 is 0 Å². The predicted molar refractivity (Wildman–Crippen MR) is 362 cm³/mol. The minimum Gasteiger partial charge on any atom is -0.440 e. The van der Waals surface area contributed by atoms with Gasteiger partial charge >= 0.3 is 41.5 Å². The molecule has 90 heavy (non-hydrogen) atoms. The molecule has 0 bridgehead atoms. The van der Waals surface area contributed by atoms with Crippen LogP contribution in [0.15, 0.2) is 247 Å². The van der Waals surface area contributed by atoms with E-state index in [0.717, 1.165) is 55.6 Å². The zero-order valence-corrected chi connectivity index (χ0v) is 56.1. The lowest BCUT2D eigenvalue weighted by Crippen LogP contribution is -2.40. The fourth-order valence-corrected chi connectivity index (χ4v) is 20.4. The van der Waals surface area contributed by atoms with Crippen LogP contribution < -0.4 is 46.5 Å². The molecule has 15 nitrogen and oxygen atoms in total. The predicted octanol–water partition coefficient (Wildman–Crippen LogP) is 21.6. The summed E-state index contributed by atoms with van der Waals surface area (Å²) in [5.41, 5.74) is 9.98. The van der Waals surface area contributed by atoms with Gasteiger partial charge in [-0.3, -0.25) is 0 Å². The van der Waals surface area contributed by atoms with Crippen LogP contribution in [0.25, 0.3) is 0 Å². The van der Waals surface area contributed by atoms with E-state index in [1.54, 1.807) is 18.4 Å². The topological polar surface area (TPSA) is 118 Å². The van der Waals surface area contributed by atoms with Crippen molar-refractivity contribution in [3.63, 3.8) is 0 Å². The van der Waals surface area contributed by atoms with Crippen LogP contribution in [-0.4, -0.2) is 18.4 Å². The number of nitrogens with zero attached hydrogens (tertiary/aromatic N) is 5. The molecular formula is C70H70N5O10P5. The van der Waals surface area contributed by atoms with Crippen LogP contribution in [0, 0.1) is 69.2 Å². The largest absolute Gasteiger partial charge is 0.447 e. The van der Waals surface area contributed by atoms with Crippen LogP contribution in [0.5, 0.6) is 57.5 Å². The average molecular weight is 1300 g/mol. The number of hydrogen-bond donors (Lipinski definition) is 0.